The first-order chi connectivity index (χ1) is 9.93. The standard InChI is InChI=1S/C15H20N2O4/c1-3-4-10(2)14(20)17-12-7-5-11(6-8-12)15(21)16-9-13(18)19/h5-8,10H,3-4,9H2,1-2H3,(H,16,21)(H,17,20)(H,18,19). The summed E-state index contributed by atoms with van der Waals surface area (Å²) < 4.78 is 0. The van der Waals surface area contributed by atoms with Gasteiger partial charge in [-0.2, -0.15) is 0 Å². The van der Waals surface area contributed by atoms with Crippen LogP contribution in [0.15, 0.2) is 24.3 Å². The molecule has 0 aliphatic heterocycles. The Bertz CT molecular complexity index is 511. The highest BCUT2D eigenvalue weighted by atomic mass is 16.4. The number of amides is 2. The molecule has 1 atom stereocenters. The van der Waals surface area contributed by atoms with Gasteiger partial charge in [0.1, 0.15) is 6.54 Å². The van der Waals surface area contributed by atoms with Crippen molar-refractivity contribution < 1.29 is 19.5 Å². The van der Waals surface area contributed by atoms with Gasteiger partial charge in [0, 0.05) is 17.2 Å². The number of rotatable bonds is 7. The van der Waals surface area contributed by atoms with Crippen LogP contribution in [0.5, 0.6) is 0 Å². The number of benzene rings is 1. The molecule has 0 spiro atoms. The zero-order valence-corrected chi connectivity index (χ0v) is 12.2. The Hall–Kier alpha value is -2.37. The van der Waals surface area contributed by atoms with E-state index in [0.29, 0.717) is 11.3 Å². The van der Waals surface area contributed by atoms with Crippen LogP contribution in [0.3, 0.4) is 0 Å². The largest absolute Gasteiger partial charge is 0.480 e. The fourth-order valence-electron chi connectivity index (χ4n) is 1.79. The van der Waals surface area contributed by atoms with Gasteiger partial charge in [0.15, 0.2) is 0 Å². The molecule has 3 N–H and O–H groups in total. The number of carbonyl (C=O) groups is 3. The van der Waals surface area contributed by atoms with Crippen molar-refractivity contribution in [2.45, 2.75) is 26.7 Å². The minimum Gasteiger partial charge on any atom is -0.480 e. The van der Waals surface area contributed by atoms with E-state index in [1.54, 1.807) is 12.1 Å². The van der Waals surface area contributed by atoms with Gasteiger partial charge in [-0.15, -0.1) is 0 Å². The molecule has 1 unspecified atom stereocenters. The zero-order chi connectivity index (χ0) is 15.8. The monoisotopic (exact) mass is 292 g/mol. The molecule has 0 radical (unpaired) electrons. The lowest BCUT2D eigenvalue weighted by Gasteiger charge is -2.11. The third kappa shape index (κ3) is 5.64. The summed E-state index contributed by atoms with van der Waals surface area (Å²) >= 11 is 0. The van der Waals surface area contributed by atoms with Gasteiger partial charge in [0.05, 0.1) is 0 Å². The first-order valence-corrected chi connectivity index (χ1v) is 6.85. The quantitative estimate of drug-likeness (QED) is 0.715. The van der Waals surface area contributed by atoms with Crippen LogP contribution in [-0.2, 0) is 9.59 Å². The van der Waals surface area contributed by atoms with Gasteiger partial charge in [-0.25, -0.2) is 0 Å². The molecule has 0 aliphatic rings. The lowest BCUT2D eigenvalue weighted by atomic mass is 10.1. The summed E-state index contributed by atoms with van der Waals surface area (Å²) in [6.07, 6.45) is 1.76. The summed E-state index contributed by atoms with van der Waals surface area (Å²) in [4.78, 5) is 33.8. The molecule has 0 heterocycles. The minimum atomic E-state index is -1.10. The molecule has 2 amide bonds. The summed E-state index contributed by atoms with van der Waals surface area (Å²) in [5.41, 5.74) is 0.952. The highest BCUT2D eigenvalue weighted by molar-refractivity contribution is 5.97. The third-order valence-electron chi connectivity index (χ3n) is 2.98. The summed E-state index contributed by atoms with van der Waals surface area (Å²) in [7, 11) is 0. The maximum Gasteiger partial charge on any atom is 0.322 e. The molecule has 0 fully saturated rings. The SMILES string of the molecule is CCCC(C)C(=O)Nc1ccc(C(=O)NCC(=O)O)cc1. The molecule has 0 bridgehead atoms. The van der Waals surface area contributed by atoms with Gasteiger partial charge in [-0.3, -0.25) is 14.4 Å². The summed E-state index contributed by atoms with van der Waals surface area (Å²) in [5, 5.41) is 13.5. The summed E-state index contributed by atoms with van der Waals surface area (Å²) in [6, 6.07) is 6.31. The number of nitrogens with one attached hydrogen (secondary N) is 2. The van der Waals surface area contributed by atoms with Crippen molar-refractivity contribution in [3.05, 3.63) is 29.8 Å². The molecule has 114 valence electrons. The van der Waals surface area contributed by atoms with Crippen LogP contribution in [0.1, 0.15) is 37.0 Å². The van der Waals surface area contributed by atoms with E-state index in [0.717, 1.165) is 12.8 Å². The van der Waals surface area contributed by atoms with Crippen molar-refractivity contribution in [3.63, 3.8) is 0 Å². The molecule has 1 aromatic carbocycles. The van der Waals surface area contributed by atoms with E-state index in [2.05, 4.69) is 10.6 Å². The van der Waals surface area contributed by atoms with E-state index in [9.17, 15) is 14.4 Å². The molecule has 1 aromatic rings. The average molecular weight is 292 g/mol. The van der Waals surface area contributed by atoms with Gasteiger partial charge < -0.3 is 15.7 Å². The number of hydrogen-bond donors (Lipinski definition) is 3. The summed E-state index contributed by atoms with van der Waals surface area (Å²) in [5.74, 6) is -1.68. The van der Waals surface area contributed by atoms with Gasteiger partial charge >= 0.3 is 5.97 Å². The number of aliphatic carboxylic acids is 1. The van der Waals surface area contributed by atoms with Crippen LogP contribution in [0.2, 0.25) is 0 Å². The topological polar surface area (TPSA) is 95.5 Å². The Morgan fingerprint density at radius 1 is 1.19 bits per heavy atom. The van der Waals surface area contributed by atoms with Gasteiger partial charge in [0.25, 0.3) is 5.91 Å². The van der Waals surface area contributed by atoms with Crippen molar-refractivity contribution >= 4 is 23.5 Å². The van der Waals surface area contributed by atoms with Gasteiger partial charge in [-0.05, 0) is 30.7 Å². The maximum absolute atomic E-state index is 11.8. The molecular weight excluding hydrogens is 272 g/mol. The van der Waals surface area contributed by atoms with Crippen LogP contribution >= 0.6 is 0 Å². The van der Waals surface area contributed by atoms with Crippen molar-refractivity contribution in [1.29, 1.82) is 0 Å². The number of carboxylic acids is 1. The minimum absolute atomic E-state index is 0.0556. The normalized spacial score (nSPS) is 11.5. The molecule has 0 aromatic heterocycles. The number of carbonyl (C=O) groups excluding carboxylic acids is 2. The first kappa shape index (κ1) is 16.7. The van der Waals surface area contributed by atoms with E-state index in [1.165, 1.54) is 12.1 Å². The van der Waals surface area contributed by atoms with E-state index >= 15 is 0 Å². The van der Waals surface area contributed by atoms with Crippen LogP contribution in [0, 0.1) is 5.92 Å². The van der Waals surface area contributed by atoms with Gasteiger partial charge in [0.2, 0.25) is 5.91 Å². The second-order valence-corrected chi connectivity index (χ2v) is 4.83. The van der Waals surface area contributed by atoms with Crippen molar-refractivity contribution in [2.75, 3.05) is 11.9 Å². The Balaban J connectivity index is 2.59. The smallest absolute Gasteiger partial charge is 0.322 e. The third-order valence-corrected chi connectivity index (χ3v) is 2.98. The Labute approximate surface area is 123 Å². The van der Waals surface area contributed by atoms with Crippen LogP contribution < -0.4 is 10.6 Å². The molecule has 6 heteroatoms. The number of anilines is 1. The van der Waals surface area contributed by atoms with Crippen molar-refractivity contribution in [2.24, 2.45) is 5.92 Å². The van der Waals surface area contributed by atoms with Gasteiger partial charge in [-0.1, -0.05) is 20.3 Å². The first-order valence-electron chi connectivity index (χ1n) is 6.85. The van der Waals surface area contributed by atoms with Crippen molar-refractivity contribution in [1.82, 2.24) is 5.32 Å². The highest BCUT2D eigenvalue weighted by Gasteiger charge is 2.12. The molecule has 0 saturated heterocycles. The Morgan fingerprint density at radius 3 is 2.33 bits per heavy atom. The fraction of sp³-hybridized carbons (Fsp3) is 0.400. The second-order valence-electron chi connectivity index (χ2n) is 4.83. The van der Waals surface area contributed by atoms with E-state index in [1.807, 2.05) is 13.8 Å². The zero-order valence-electron chi connectivity index (χ0n) is 12.2. The number of hydrogen-bond acceptors (Lipinski definition) is 3. The highest BCUT2D eigenvalue weighted by Crippen LogP contribution is 2.13. The Morgan fingerprint density at radius 2 is 1.81 bits per heavy atom. The lowest BCUT2D eigenvalue weighted by Crippen LogP contribution is -2.29. The Kier molecular flexibility index (Phi) is 6.39. The maximum atomic E-state index is 11.8. The molecule has 0 saturated carbocycles. The molecule has 21 heavy (non-hydrogen) atoms. The predicted molar refractivity (Wildman–Crippen MR) is 79.1 cm³/mol. The lowest BCUT2D eigenvalue weighted by molar-refractivity contribution is -0.135. The fourth-order valence-corrected chi connectivity index (χ4v) is 1.79. The van der Waals surface area contributed by atoms with E-state index < -0.39 is 18.4 Å². The molecule has 1 rings (SSSR count). The summed E-state index contributed by atoms with van der Waals surface area (Å²) in [6.45, 7) is 3.46. The van der Waals surface area contributed by atoms with E-state index in [4.69, 9.17) is 5.11 Å². The predicted octanol–water partition coefficient (Wildman–Crippen LogP) is 1.88. The van der Waals surface area contributed by atoms with Crippen LogP contribution in [0.4, 0.5) is 5.69 Å². The molecule has 0 aliphatic carbocycles. The molecule has 6 nitrogen and oxygen atoms in total. The van der Waals surface area contributed by atoms with Crippen LogP contribution in [0.25, 0.3) is 0 Å². The van der Waals surface area contributed by atoms with E-state index in [-0.39, 0.29) is 11.8 Å². The average Bonchev–Trinajstić information content (AvgIpc) is 2.45. The van der Waals surface area contributed by atoms with Crippen molar-refractivity contribution in [3.8, 4) is 0 Å². The van der Waals surface area contributed by atoms with Crippen LogP contribution in [-0.4, -0.2) is 29.4 Å². The number of carboxylic acid groups (broad SMARTS) is 1. The molecular formula is C15H20N2O4. The second kappa shape index (κ2) is 8.04.